The van der Waals surface area contributed by atoms with Gasteiger partial charge in [-0.25, -0.2) is 4.68 Å². The maximum atomic E-state index is 6.32. The van der Waals surface area contributed by atoms with Crippen molar-refractivity contribution in [3.8, 4) is 0 Å². The molecule has 0 radical (unpaired) electrons. The summed E-state index contributed by atoms with van der Waals surface area (Å²) in [6, 6.07) is 7.89. The number of nitrogens with zero attached hydrogens (tertiary/aromatic N) is 6. The molecule has 0 spiro atoms. The summed E-state index contributed by atoms with van der Waals surface area (Å²) in [6.45, 7) is 12.6. The van der Waals surface area contributed by atoms with Crippen LogP contribution in [0, 0.1) is 25.5 Å². The fourth-order valence-electron chi connectivity index (χ4n) is 3.43. The van der Waals surface area contributed by atoms with Gasteiger partial charge in [-0.3, -0.25) is 9.58 Å². The number of benzene rings is 1. The van der Waals surface area contributed by atoms with Gasteiger partial charge in [0.2, 0.25) is 0 Å². The van der Waals surface area contributed by atoms with Crippen molar-refractivity contribution in [3.05, 3.63) is 75.1 Å². The van der Waals surface area contributed by atoms with Crippen molar-refractivity contribution in [1.29, 1.82) is 0 Å². The maximum Gasteiger partial charge on any atom is 0.199 e. The van der Waals surface area contributed by atoms with Crippen molar-refractivity contribution >= 4 is 23.8 Å². The summed E-state index contributed by atoms with van der Waals surface area (Å²) in [4.78, 5) is 2.19. The van der Waals surface area contributed by atoms with E-state index in [1.165, 1.54) is 5.56 Å². The molecule has 2 heterocycles. The summed E-state index contributed by atoms with van der Waals surface area (Å²) in [5, 5.41) is 10.1. The van der Waals surface area contributed by atoms with Gasteiger partial charge in [0.05, 0.1) is 18.9 Å². The minimum absolute atomic E-state index is 0.610. The van der Waals surface area contributed by atoms with Crippen LogP contribution in [-0.4, -0.2) is 36.1 Å². The van der Waals surface area contributed by atoms with Crippen LogP contribution in [0.5, 0.6) is 0 Å². The summed E-state index contributed by atoms with van der Waals surface area (Å²) in [7, 11) is 2.06. The van der Waals surface area contributed by atoms with E-state index in [1.54, 1.807) is 0 Å². The first-order chi connectivity index (χ1) is 13.8. The van der Waals surface area contributed by atoms with E-state index in [4.69, 9.17) is 28.9 Å². The predicted octanol–water partition coefficient (Wildman–Crippen LogP) is 4.51. The average Bonchev–Trinajstić information content (AvgIpc) is 3.08. The third-order valence-electron chi connectivity index (χ3n) is 5.03. The molecule has 8 heteroatoms. The normalized spacial score (nSPS) is 11.4. The second-order valence-corrected chi connectivity index (χ2v) is 8.05. The third kappa shape index (κ3) is 4.69. The molecule has 3 rings (SSSR count). The Morgan fingerprint density at radius 1 is 1.17 bits per heavy atom. The highest BCUT2D eigenvalue weighted by atomic mass is 35.5. The summed E-state index contributed by atoms with van der Waals surface area (Å²) in [5.74, 6) is 0.892. The molecule has 154 valence electrons. The third-order valence-corrected chi connectivity index (χ3v) is 5.83. The first-order valence-electron chi connectivity index (χ1n) is 9.51. The molecule has 0 N–H and O–H groups in total. The Morgan fingerprint density at radius 2 is 1.90 bits per heavy atom. The fraction of sp³-hybridized carbons (Fsp3) is 0.381. The smallest absolute Gasteiger partial charge is 0.199 e. The van der Waals surface area contributed by atoms with Gasteiger partial charge >= 0.3 is 0 Å². The van der Waals surface area contributed by atoms with Crippen molar-refractivity contribution in [1.82, 2.24) is 29.0 Å². The quantitative estimate of drug-likeness (QED) is 0.389. The van der Waals surface area contributed by atoms with Gasteiger partial charge in [0.1, 0.15) is 5.82 Å². The number of hydrogen-bond acceptors (Lipinski definition) is 4. The molecular weight excluding hydrogens is 404 g/mol. The predicted molar refractivity (Wildman–Crippen MR) is 120 cm³/mol. The average molecular weight is 431 g/mol. The van der Waals surface area contributed by atoms with Gasteiger partial charge in [0, 0.05) is 29.4 Å². The molecule has 0 fully saturated rings. The van der Waals surface area contributed by atoms with Crippen LogP contribution in [0.25, 0.3) is 0 Å². The van der Waals surface area contributed by atoms with Crippen LogP contribution in [0.3, 0.4) is 0 Å². The van der Waals surface area contributed by atoms with Crippen LogP contribution in [0.1, 0.15) is 28.3 Å². The van der Waals surface area contributed by atoms with Crippen molar-refractivity contribution in [2.75, 3.05) is 7.05 Å². The lowest BCUT2D eigenvalue weighted by atomic mass is 10.2. The van der Waals surface area contributed by atoms with Crippen molar-refractivity contribution in [2.24, 2.45) is 0 Å². The molecule has 0 aliphatic heterocycles. The van der Waals surface area contributed by atoms with E-state index >= 15 is 0 Å². The number of halogens is 1. The van der Waals surface area contributed by atoms with Crippen molar-refractivity contribution < 1.29 is 0 Å². The van der Waals surface area contributed by atoms with E-state index < -0.39 is 0 Å². The summed E-state index contributed by atoms with van der Waals surface area (Å²) < 4.78 is 6.56. The van der Waals surface area contributed by atoms with Gasteiger partial charge in [-0.1, -0.05) is 35.9 Å². The van der Waals surface area contributed by atoms with Crippen molar-refractivity contribution in [2.45, 2.75) is 47.1 Å². The Morgan fingerprint density at radius 3 is 2.59 bits per heavy atom. The van der Waals surface area contributed by atoms with E-state index in [9.17, 15) is 0 Å². The second kappa shape index (κ2) is 9.07. The van der Waals surface area contributed by atoms with E-state index in [0.717, 1.165) is 34.3 Å². The molecule has 0 saturated carbocycles. The van der Waals surface area contributed by atoms with Gasteiger partial charge < -0.3 is 4.57 Å². The fourth-order valence-corrected chi connectivity index (χ4v) is 3.93. The first-order valence-corrected chi connectivity index (χ1v) is 10.3. The highest BCUT2D eigenvalue weighted by molar-refractivity contribution is 7.71. The minimum atomic E-state index is 0.610. The van der Waals surface area contributed by atoms with Gasteiger partial charge in [0.15, 0.2) is 4.77 Å². The highest BCUT2D eigenvalue weighted by Gasteiger charge is 2.15. The molecular formula is C21H27ClN6S. The van der Waals surface area contributed by atoms with Gasteiger partial charge in [-0.05, 0) is 51.7 Å². The lowest BCUT2D eigenvalue weighted by Crippen LogP contribution is -2.23. The zero-order chi connectivity index (χ0) is 21.1. The molecule has 0 aliphatic rings. The standard InChI is InChI=1S/C21H27ClN6S/c1-6-11-26-17(4)24-28(21(26)29)14-25(5)13-19-15(2)23-27(16(19)3)12-18-9-7-8-10-20(18)22/h6-10H,1,11-14H2,2-5H3. The molecule has 6 nitrogen and oxygen atoms in total. The zero-order valence-corrected chi connectivity index (χ0v) is 19.0. The number of aromatic nitrogens is 5. The summed E-state index contributed by atoms with van der Waals surface area (Å²) in [5.41, 5.74) is 4.45. The largest absolute Gasteiger partial charge is 0.300 e. The molecule has 0 bridgehead atoms. The monoisotopic (exact) mass is 430 g/mol. The molecule has 0 saturated heterocycles. The Labute approximate surface area is 182 Å². The number of rotatable bonds is 8. The highest BCUT2D eigenvalue weighted by Crippen LogP contribution is 2.20. The lowest BCUT2D eigenvalue weighted by Gasteiger charge is -2.17. The van der Waals surface area contributed by atoms with Crippen LogP contribution >= 0.6 is 23.8 Å². The molecule has 0 atom stereocenters. The molecule has 0 aliphatic carbocycles. The van der Waals surface area contributed by atoms with E-state index in [0.29, 0.717) is 24.5 Å². The van der Waals surface area contributed by atoms with Gasteiger partial charge in [0.25, 0.3) is 0 Å². The molecule has 29 heavy (non-hydrogen) atoms. The van der Waals surface area contributed by atoms with E-state index in [2.05, 4.69) is 30.5 Å². The molecule has 1 aromatic carbocycles. The Hall–Kier alpha value is -2.22. The summed E-state index contributed by atoms with van der Waals surface area (Å²) >= 11 is 11.9. The van der Waals surface area contributed by atoms with Gasteiger partial charge in [-0.15, -0.1) is 6.58 Å². The lowest BCUT2D eigenvalue weighted by molar-refractivity contribution is 0.242. The van der Waals surface area contributed by atoms with E-state index in [-0.39, 0.29) is 0 Å². The Kier molecular flexibility index (Phi) is 6.72. The first kappa shape index (κ1) is 21.5. The van der Waals surface area contributed by atoms with Crippen LogP contribution < -0.4 is 0 Å². The van der Waals surface area contributed by atoms with Crippen LogP contribution in [0.15, 0.2) is 36.9 Å². The van der Waals surface area contributed by atoms with Crippen LogP contribution in [0.4, 0.5) is 0 Å². The zero-order valence-electron chi connectivity index (χ0n) is 17.4. The van der Waals surface area contributed by atoms with Gasteiger partial charge in [-0.2, -0.15) is 10.2 Å². The number of hydrogen-bond donors (Lipinski definition) is 0. The molecule has 0 unspecified atom stereocenters. The SMILES string of the molecule is C=CCn1c(C)nn(CN(C)Cc2c(C)nn(Cc3ccccc3Cl)c2C)c1=S. The van der Waals surface area contributed by atoms with E-state index in [1.807, 2.05) is 58.1 Å². The number of aryl methyl sites for hydroxylation is 2. The van der Waals surface area contributed by atoms with Crippen LogP contribution in [0.2, 0.25) is 5.02 Å². The molecule has 0 amide bonds. The Balaban J connectivity index is 1.76. The Bertz CT molecular complexity index is 1080. The molecule has 2 aromatic heterocycles. The summed E-state index contributed by atoms with van der Waals surface area (Å²) in [6.07, 6.45) is 1.83. The van der Waals surface area contributed by atoms with Crippen LogP contribution in [-0.2, 0) is 26.3 Å². The second-order valence-electron chi connectivity index (χ2n) is 7.28. The van der Waals surface area contributed by atoms with Crippen molar-refractivity contribution in [3.63, 3.8) is 0 Å². The minimum Gasteiger partial charge on any atom is -0.300 e. The maximum absolute atomic E-state index is 6.32. The molecule has 3 aromatic rings. The number of allylic oxidation sites excluding steroid dienone is 1. The topological polar surface area (TPSA) is 43.8 Å².